The van der Waals surface area contributed by atoms with Crippen LogP contribution in [0.4, 0.5) is 14.6 Å². The fraction of sp³-hybridized carbons (Fsp3) is 0.389. The van der Waals surface area contributed by atoms with Crippen LogP contribution in [0.25, 0.3) is 0 Å². The lowest BCUT2D eigenvalue weighted by Crippen LogP contribution is -2.38. The second kappa shape index (κ2) is 19.4. The van der Waals surface area contributed by atoms with Crippen molar-refractivity contribution in [2.24, 2.45) is 0 Å². The lowest BCUT2D eigenvalue weighted by molar-refractivity contribution is -0.120. The molecule has 2 aromatic heterocycles. The summed E-state index contributed by atoms with van der Waals surface area (Å²) in [6, 6.07) is 11.7. The van der Waals surface area contributed by atoms with E-state index < -0.39 is 0 Å². The molecule has 0 saturated carbocycles. The highest BCUT2D eigenvalue weighted by Gasteiger charge is 2.26. The van der Waals surface area contributed by atoms with Gasteiger partial charge in [-0.25, -0.2) is 28.7 Å². The Labute approximate surface area is 312 Å². The molecule has 0 amide bonds. The van der Waals surface area contributed by atoms with Gasteiger partial charge < -0.3 is 10.2 Å². The number of Topliss-reactive ketones (excluding diaryl/α,β-unsaturated/α-hetero) is 2. The number of halogens is 6. The number of carbonyl (C=O) groups is 2. The first kappa shape index (κ1) is 41.1. The largest absolute Gasteiger partial charge is 0.350 e. The van der Waals surface area contributed by atoms with Crippen molar-refractivity contribution in [2.75, 3.05) is 19.0 Å². The van der Waals surface area contributed by atoms with E-state index in [-0.39, 0.29) is 71.1 Å². The van der Waals surface area contributed by atoms with Crippen molar-refractivity contribution >= 4 is 64.6 Å². The number of anilines is 1. The third-order valence-corrected chi connectivity index (χ3v) is 9.22. The molecule has 50 heavy (non-hydrogen) atoms. The Balaban J connectivity index is 0.000000221. The van der Waals surface area contributed by atoms with Crippen LogP contribution < -0.4 is 10.2 Å². The van der Waals surface area contributed by atoms with Crippen molar-refractivity contribution < 1.29 is 18.4 Å². The van der Waals surface area contributed by atoms with Gasteiger partial charge in [-0.3, -0.25) is 9.59 Å². The lowest BCUT2D eigenvalue weighted by atomic mass is 10.0. The van der Waals surface area contributed by atoms with Gasteiger partial charge in [0.2, 0.25) is 10.6 Å². The SMILES string of the molecule is CN[C@H](C)C(=O)Cc1cccc(F)c1.C[C@H](C(=O)Cc1cccc(F)c1)N(C)c1nc(Cl)nc2c1CCC2.Cl.Clc1nc(Cl)c2c(n1)CCC2. The predicted octanol–water partition coefficient (Wildman–Crippen LogP) is 7.63. The van der Waals surface area contributed by atoms with Crippen LogP contribution >= 0.6 is 47.2 Å². The molecule has 14 heteroatoms. The number of likely N-dealkylation sites (N-methyl/N-ethyl adjacent to an activating group) is 2. The number of nitrogens with zero attached hydrogens (tertiary/aromatic N) is 5. The molecule has 1 N–H and O–H groups in total. The number of carbonyl (C=O) groups excluding carboxylic acids is 2. The molecule has 2 aliphatic carbocycles. The Hall–Kier alpha value is -3.28. The average molecular weight is 769 g/mol. The zero-order valence-electron chi connectivity index (χ0n) is 28.3. The molecule has 0 fully saturated rings. The average Bonchev–Trinajstić information content (AvgIpc) is 3.74. The van der Waals surface area contributed by atoms with Gasteiger partial charge in [0.05, 0.1) is 23.5 Å². The minimum Gasteiger partial charge on any atom is -0.350 e. The Kier molecular flexibility index (Phi) is 15.9. The van der Waals surface area contributed by atoms with E-state index in [0.717, 1.165) is 72.4 Å². The molecule has 6 rings (SSSR count). The third-order valence-electron chi connectivity index (χ3n) is 8.57. The fourth-order valence-corrected chi connectivity index (χ4v) is 6.29. The van der Waals surface area contributed by atoms with Gasteiger partial charge in [-0.1, -0.05) is 35.9 Å². The second-order valence-electron chi connectivity index (χ2n) is 12.0. The number of hydrogen-bond acceptors (Lipinski definition) is 8. The number of hydrogen-bond donors (Lipinski definition) is 1. The Morgan fingerprint density at radius 3 is 1.82 bits per heavy atom. The van der Waals surface area contributed by atoms with E-state index in [9.17, 15) is 18.4 Å². The molecule has 2 aromatic carbocycles. The number of nitrogens with one attached hydrogen (secondary N) is 1. The summed E-state index contributed by atoms with van der Waals surface area (Å²) in [5, 5.41) is 3.85. The van der Waals surface area contributed by atoms with Gasteiger partial charge in [0.25, 0.3) is 0 Å². The van der Waals surface area contributed by atoms with Crippen LogP contribution in [0.5, 0.6) is 0 Å². The summed E-state index contributed by atoms with van der Waals surface area (Å²) in [5.41, 5.74) is 5.54. The van der Waals surface area contributed by atoms with Crippen LogP contribution in [-0.4, -0.2) is 57.7 Å². The summed E-state index contributed by atoms with van der Waals surface area (Å²) in [6.45, 7) is 3.63. The molecule has 0 radical (unpaired) electrons. The molecular weight excluding hydrogens is 728 g/mol. The van der Waals surface area contributed by atoms with Gasteiger partial charge in [0, 0.05) is 31.0 Å². The van der Waals surface area contributed by atoms with Crippen molar-refractivity contribution in [3.05, 3.63) is 110 Å². The Bertz CT molecular complexity index is 1800. The summed E-state index contributed by atoms with van der Waals surface area (Å²) in [7, 11) is 3.57. The minimum absolute atomic E-state index is 0. The molecule has 8 nitrogen and oxygen atoms in total. The second-order valence-corrected chi connectivity index (χ2v) is 13.0. The summed E-state index contributed by atoms with van der Waals surface area (Å²) < 4.78 is 26.1. The number of aromatic nitrogens is 4. The molecule has 0 saturated heterocycles. The summed E-state index contributed by atoms with van der Waals surface area (Å²) in [4.78, 5) is 42.5. The molecule has 4 aromatic rings. The number of aryl methyl sites for hydroxylation is 2. The summed E-state index contributed by atoms with van der Waals surface area (Å²) in [5.74, 6) is 0.166. The van der Waals surface area contributed by atoms with Crippen LogP contribution in [0.3, 0.4) is 0 Å². The Morgan fingerprint density at radius 1 is 0.780 bits per heavy atom. The van der Waals surface area contributed by atoms with Crippen molar-refractivity contribution in [1.29, 1.82) is 0 Å². The van der Waals surface area contributed by atoms with E-state index in [4.69, 9.17) is 34.8 Å². The van der Waals surface area contributed by atoms with E-state index in [1.54, 1.807) is 38.2 Å². The van der Waals surface area contributed by atoms with Crippen LogP contribution in [0.1, 0.15) is 60.3 Å². The monoisotopic (exact) mass is 766 g/mol. The van der Waals surface area contributed by atoms with Gasteiger partial charge in [-0.05, 0) is 118 Å². The molecule has 0 bridgehead atoms. The van der Waals surface area contributed by atoms with Crippen LogP contribution in [0.15, 0.2) is 48.5 Å². The maximum Gasteiger partial charge on any atom is 0.224 e. The lowest BCUT2D eigenvalue weighted by Gasteiger charge is -2.27. The smallest absolute Gasteiger partial charge is 0.224 e. The molecule has 0 aliphatic heterocycles. The van der Waals surface area contributed by atoms with E-state index in [2.05, 4.69) is 25.3 Å². The third kappa shape index (κ3) is 11.4. The maximum atomic E-state index is 13.3. The van der Waals surface area contributed by atoms with E-state index >= 15 is 0 Å². The van der Waals surface area contributed by atoms with Crippen LogP contribution in [0.2, 0.25) is 15.7 Å². The highest BCUT2D eigenvalue weighted by Crippen LogP contribution is 2.30. The fourth-order valence-electron chi connectivity index (χ4n) is 5.59. The topological polar surface area (TPSA) is 101 Å². The summed E-state index contributed by atoms with van der Waals surface area (Å²) in [6.07, 6.45) is 6.37. The van der Waals surface area contributed by atoms with Gasteiger partial charge in [0.15, 0.2) is 11.6 Å². The molecule has 2 aliphatic rings. The van der Waals surface area contributed by atoms with Crippen molar-refractivity contribution in [2.45, 2.75) is 77.3 Å². The first-order valence-corrected chi connectivity index (χ1v) is 17.2. The standard InChI is InChI=1S/C18H19ClFN3O.C11H14FNO.C7H6Cl2N2.ClH/c1-11(16(24)10-12-5-3-6-13(20)9-12)23(2)17-14-7-4-8-15(14)21-18(19)22-17;1-8(13-2)11(14)7-9-4-3-5-10(12)6-9;8-6-4-2-1-3-5(4)10-7(9)11-6;/h3,5-6,9,11H,4,7-8,10H2,1-2H3;3-6,8,13H,7H2,1-2H3;1-3H2;1H/t11-;8-;;/m11../s1. The number of rotatable bonds is 9. The zero-order valence-corrected chi connectivity index (χ0v) is 31.4. The van der Waals surface area contributed by atoms with Gasteiger partial charge in [-0.2, -0.15) is 0 Å². The number of fused-ring (bicyclic) bond motifs is 2. The highest BCUT2D eigenvalue weighted by molar-refractivity contribution is 6.32. The molecule has 0 spiro atoms. The Morgan fingerprint density at radius 2 is 1.28 bits per heavy atom. The first-order chi connectivity index (χ1) is 23.4. The molecule has 2 atom stereocenters. The first-order valence-electron chi connectivity index (χ1n) is 16.1. The van der Waals surface area contributed by atoms with Crippen LogP contribution in [-0.2, 0) is 48.1 Å². The van der Waals surface area contributed by atoms with Crippen molar-refractivity contribution in [1.82, 2.24) is 25.3 Å². The predicted molar refractivity (Wildman–Crippen MR) is 197 cm³/mol. The van der Waals surface area contributed by atoms with Crippen molar-refractivity contribution in [3.8, 4) is 0 Å². The van der Waals surface area contributed by atoms with Crippen molar-refractivity contribution in [3.63, 3.8) is 0 Å². The maximum absolute atomic E-state index is 13.3. The molecule has 0 unspecified atom stereocenters. The quantitative estimate of drug-likeness (QED) is 0.137. The highest BCUT2D eigenvalue weighted by atomic mass is 35.5. The van der Waals surface area contributed by atoms with Gasteiger partial charge in [-0.15, -0.1) is 12.4 Å². The number of ketones is 2. The van der Waals surface area contributed by atoms with E-state index in [1.165, 1.54) is 24.3 Å². The normalized spacial score (nSPS) is 13.7. The minimum atomic E-state index is -0.385. The van der Waals surface area contributed by atoms with Gasteiger partial charge in [0.1, 0.15) is 22.6 Å². The van der Waals surface area contributed by atoms with E-state index in [1.807, 2.05) is 18.9 Å². The molecule has 2 heterocycles. The molecular formula is C36H40Cl4F2N6O2. The van der Waals surface area contributed by atoms with Gasteiger partial charge >= 0.3 is 0 Å². The van der Waals surface area contributed by atoms with Crippen LogP contribution in [0, 0.1) is 11.6 Å². The number of benzene rings is 2. The summed E-state index contributed by atoms with van der Waals surface area (Å²) >= 11 is 17.5. The zero-order chi connectivity index (χ0) is 35.7. The van der Waals surface area contributed by atoms with E-state index in [0.29, 0.717) is 10.7 Å². The molecule has 268 valence electrons.